The van der Waals surface area contributed by atoms with E-state index in [-0.39, 0.29) is 42.1 Å². The van der Waals surface area contributed by atoms with Crippen LogP contribution in [0.25, 0.3) is 11.0 Å². The molecule has 1 saturated heterocycles. The zero-order valence-corrected chi connectivity index (χ0v) is 36.1. The van der Waals surface area contributed by atoms with Gasteiger partial charge in [0.1, 0.15) is 29.5 Å². The molecule has 2 aliphatic heterocycles. The topological polar surface area (TPSA) is 204 Å². The number of halogens is 6. The lowest BCUT2D eigenvalue weighted by atomic mass is 9.87. The van der Waals surface area contributed by atoms with Crippen molar-refractivity contribution < 1.29 is 72.9 Å². The number of alkyl carbamates (subject to hydrolysis) is 1. The quantitative estimate of drug-likeness (QED) is 0.214. The van der Waals surface area contributed by atoms with E-state index >= 15 is 0 Å². The summed E-state index contributed by atoms with van der Waals surface area (Å²) in [5.41, 5.74) is -6.60. The summed E-state index contributed by atoms with van der Waals surface area (Å²) in [6, 6.07) is 0.527. The maximum atomic E-state index is 14.9. The molecule has 63 heavy (non-hydrogen) atoms. The van der Waals surface area contributed by atoms with Gasteiger partial charge in [-0.05, 0) is 77.3 Å². The van der Waals surface area contributed by atoms with Crippen LogP contribution in [0.3, 0.4) is 0 Å². The van der Waals surface area contributed by atoms with Crippen LogP contribution in [0, 0.1) is 17.8 Å². The molecule has 6 rings (SSSR count). The minimum atomic E-state index is -5.11. The molecule has 3 N–H and O–H groups in total. The van der Waals surface area contributed by atoms with Crippen molar-refractivity contribution in [2.45, 2.75) is 119 Å². The lowest BCUT2D eigenvalue weighted by molar-refractivity contribution is -0.244. The van der Waals surface area contributed by atoms with Crippen LogP contribution in [-0.4, -0.2) is 115 Å². The van der Waals surface area contributed by atoms with E-state index in [1.807, 2.05) is 6.92 Å². The number of sulfonamides is 1. The Balaban J connectivity index is 1.41. The predicted octanol–water partition coefficient (Wildman–Crippen LogP) is 4.95. The summed E-state index contributed by atoms with van der Waals surface area (Å²) in [4.78, 5) is 65.4. The fourth-order valence-corrected chi connectivity index (χ4v) is 9.12. The van der Waals surface area contributed by atoms with E-state index in [1.54, 1.807) is 12.2 Å². The number of hydrogen-bond donors (Lipinski definition) is 3. The smallest absolute Gasteiger partial charge is 0.438 e. The predicted molar refractivity (Wildman–Crippen MR) is 210 cm³/mol. The van der Waals surface area contributed by atoms with Crippen LogP contribution >= 0.6 is 0 Å². The molecule has 7 atom stereocenters. The fraction of sp³-hybridized carbons (Fsp3) is 0.650. The third-order valence-corrected chi connectivity index (χ3v) is 14.3. The van der Waals surface area contributed by atoms with Crippen molar-refractivity contribution in [3.8, 4) is 11.6 Å². The number of aromatic nitrogens is 2. The third kappa shape index (κ3) is 10.1. The molecule has 0 unspecified atom stereocenters. The van der Waals surface area contributed by atoms with Crippen LogP contribution in [0.5, 0.6) is 11.6 Å². The second kappa shape index (κ2) is 17.2. The monoisotopic (exact) mass is 920 g/mol. The minimum absolute atomic E-state index is 0.0462. The Morgan fingerprint density at radius 2 is 1.73 bits per heavy atom. The zero-order valence-electron chi connectivity index (χ0n) is 35.3. The number of alkyl halides is 6. The molecule has 0 spiro atoms. The van der Waals surface area contributed by atoms with Gasteiger partial charge in [0.05, 0.1) is 36.0 Å². The van der Waals surface area contributed by atoms with E-state index in [1.165, 1.54) is 39.3 Å². The molecule has 0 bridgehead atoms. The highest BCUT2D eigenvalue weighted by Crippen LogP contribution is 2.48. The van der Waals surface area contributed by atoms with Gasteiger partial charge in [0.15, 0.2) is 0 Å². The molecule has 1 aromatic carbocycles. The number of amides is 4. The van der Waals surface area contributed by atoms with Gasteiger partial charge in [-0.1, -0.05) is 19.1 Å². The Kier molecular flexibility index (Phi) is 13.0. The molecule has 348 valence electrons. The fourth-order valence-electron chi connectivity index (χ4n) is 7.81. The third-order valence-electron chi connectivity index (χ3n) is 12.2. The van der Waals surface area contributed by atoms with E-state index in [9.17, 15) is 53.9 Å². The van der Waals surface area contributed by atoms with E-state index in [2.05, 4.69) is 25.3 Å². The summed E-state index contributed by atoms with van der Waals surface area (Å²) in [7, 11) is -1.58. The molecule has 0 radical (unpaired) electrons. The number of hydrogen-bond acceptors (Lipinski definition) is 12. The van der Waals surface area contributed by atoms with Crippen LogP contribution in [0.4, 0.5) is 31.1 Å². The largest absolute Gasteiger partial charge is 0.497 e. The first-order chi connectivity index (χ1) is 29.2. The number of benzene rings is 1. The molecular formula is C40H50F6N6O10S. The second-order valence-electron chi connectivity index (χ2n) is 17.4. The van der Waals surface area contributed by atoms with Crippen molar-refractivity contribution in [3.05, 3.63) is 36.0 Å². The highest BCUT2D eigenvalue weighted by Gasteiger charge is 2.63. The summed E-state index contributed by atoms with van der Waals surface area (Å²) in [5, 5.41) is 4.88. The average molecular weight is 921 g/mol. The number of carbonyl (C=O) groups is 4. The SMILES string of the molecule is COC[C@@H]1C[C@H](C)CC/C=C\[C@@H]2C[C@@]2(C(=O)NS(=O)(=O)C2(C)CC2)NC(=O)[C@@H]2C[C@@H](Oc3nc4cc(OC)ccc4nc3C(F)(F)F)CN2C(=O)[C@H]1NC(=O)OC(C)(C)C(F)(F)F. The summed E-state index contributed by atoms with van der Waals surface area (Å²) in [6.07, 6.45) is -8.77. The number of nitrogens with one attached hydrogen (secondary N) is 3. The lowest BCUT2D eigenvalue weighted by Gasteiger charge is -2.35. The number of nitrogens with zero attached hydrogens (tertiary/aromatic N) is 3. The van der Waals surface area contributed by atoms with Crippen LogP contribution < -0.4 is 24.8 Å². The Labute approximate surface area is 359 Å². The normalized spacial score (nSPS) is 28.3. The molecular weight excluding hydrogens is 871 g/mol. The first kappa shape index (κ1) is 47.5. The number of fused-ring (bicyclic) bond motifs is 3. The Morgan fingerprint density at radius 1 is 1.03 bits per heavy atom. The van der Waals surface area contributed by atoms with Crippen LogP contribution in [0.1, 0.15) is 78.3 Å². The molecule has 4 aliphatic rings. The van der Waals surface area contributed by atoms with Gasteiger partial charge in [0.25, 0.3) is 5.91 Å². The van der Waals surface area contributed by atoms with Gasteiger partial charge >= 0.3 is 18.4 Å². The molecule has 4 amide bonds. The van der Waals surface area contributed by atoms with Gasteiger partial charge in [-0.3, -0.25) is 19.1 Å². The Bertz CT molecular complexity index is 2250. The average Bonchev–Trinajstić information content (AvgIpc) is 4.06. The van der Waals surface area contributed by atoms with Crippen LogP contribution in [0.15, 0.2) is 30.4 Å². The summed E-state index contributed by atoms with van der Waals surface area (Å²) >= 11 is 0. The Morgan fingerprint density at radius 3 is 2.35 bits per heavy atom. The minimum Gasteiger partial charge on any atom is -0.497 e. The first-order valence-corrected chi connectivity index (χ1v) is 21.7. The highest BCUT2D eigenvalue weighted by atomic mass is 32.2. The summed E-state index contributed by atoms with van der Waals surface area (Å²) in [6.45, 7) is 3.62. The summed E-state index contributed by atoms with van der Waals surface area (Å²) < 4.78 is 134. The van der Waals surface area contributed by atoms with Crippen molar-refractivity contribution >= 4 is 44.9 Å². The lowest BCUT2D eigenvalue weighted by Crippen LogP contribution is -2.60. The van der Waals surface area contributed by atoms with Gasteiger partial charge in [-0.2, -0.15) is 26.3 Å². The number of methoxy groups -OCH3 is 2. The van der Waals surface area contributed by atoms with Gasteiger partial charge in [-0.25, -0.2) is 23.2 Å². The Hall–Kier alpha value is -4.93. The number of rotatable bonds is 10. The maximum Gasteiger partial charge on any atom is 0.438 e. The van der Waals surface area contributed by atoms with Gasteiger partial charge < -0.3 is 34.5 Å². The van der Waals surface area contributed by atoms with Gasteiger partial charge in [0, 0.05) is 31.4 Å². The molecule has 2 aromatic rings. The van der Waals surface area contributed by atoms with Crippen molar-refractivity contribution in [2.75, 3.05) is 27.4 Å². The van der Waals surface area contributed by atoms with Crippen molar-refractivity contribution in [1.82, 2.24) is 30.2 Å². The van der Waals surface area contributed by atoms with E-state index in [0.29, 0.717) is 39.5 Å². The number of allylic oxidation sites excluding steroid dienone is 1. The molecule has 2 saturated carbocycles. The van der Waals surface area contributed by atoms with Crippen LogP contribution in [-0.2, 0) is 40.1 Å². The molecule has 3 heterocycles. The molecule has 2 aliphatic carbocycles. The van der Waals surface area contributed by atoms with Crippen LogP contribution in [0.2, 0.25) is 0 Å². The van der Waals surface area contributed by atoms with E-state index in [0.717, 1.165) is 4.90 Å². The first-order valence-electron chi connectivity index (χ1n) is 20.2. The van der Waals surface area contributed by atoms with Gasteiger partial charge in [-0.15, -0.1) is 0 Å². The van der Waals surface area contributed by atoms with Crippen molar-refractivity contribution in [1.29, 1.82) is 0 Å². The standard InChI is InChI=1S/C40H50F6N6O10S/c1-21-9-7-8-10-23-18-38(23,34(55)51-63(57,58)37(4)13-14-37)50-31(53)28-17-25(61-32-30(39(41,42)43)47-26-12-11-24(60-6)16-27(26)48-32)19-52(28)33(54)29(22(15-21)20-59-5)49-35(56)62-36(2,3)40(44,45)46/h8,10-12,16,21-23,25,28-29H,7,9,13-15,17-20H2,1-6H3,(H,49,56)(H,50,53)(H,51,55)/b10-8-/t21-,22+,23-,25-,28+,29+,38-/m1/s1. The highest BCUT2D eigenvalue weighted by molar-refractivity contribution is 7.91. The van der Waals surface area contributed by atoms with Crippen molar-refractivity contribution in [3.63, 3.8) is 0 Å². The van der Waals surface area contributed by atoms with Gasteiger partial charge in [0.2, 0.25) is 39.0 Å². The number of ether oxygens (including phenoxy) is 4. The molecule has 3 fully saturated rings. The van der Waals surface area contributed by atoms with E-state index < -0.39 is 117 Å². The molecule has 16 nitrogen and oxygen atoms in total. The number of carbonyl (C=O) groups excluding carboxylic acids is 4. The molecule has 23 heteroatoms. The summed E-state index contributed by atoms with van der Waals surface area (Å²) in [5.74, 6) is -5.81. The second-order valence-corrected chi connectivity index (χ2v) is 19.6. The zero-order chi connectivity index (χ0) is 46.5. The maximum absolute atomic E-state index is 14.9. The molecule has 1 aromatic heterocycles. The van der Waals surface area contributed by atoms with E-state index in [4.69, 9.17) is 18.9 Å². The van der Waals surface area contributed by atoms with Crippen molar-refractivity contribution in [2.24, 2.45) is 17.8 Å².